The summed E-state index contributed by atoms with van der Waals surface area (Å²) in [6, 6.07) is 17.6. The molecule has 6 nitrogen and oxygen atoms in total. The van der Waals surface area contributed by atoms with Crippen LogP contribution in [0.25, 0.3) is 33.0 Å². The van der Waals surface area contributed by atoms with E-state index in [4.69, 9.17) is 4.42 Å². The number of aryl methyl sites for hydroxylation is 2. The number of rotatable bonds is 3. The van der Waals surface area contributed by atoms with Gasteiger partial charge in [-0.2, -0.15) is 0 Å². The van der Waals surface area contributed by atoms with Gasteiger partial charge in [0.1, 0.15) is 11.2 Å². The van der Waals surface area contributed by atoms with Crippen LogP contribution in [0.4, 0.5) is 5.69 Å². The van der Waals surface area contributed by atoms with E-state index in [9.17, 15) is 8.42 Å². The van der Waals surface area contributed by atoms with Crippen molar-refractivity contribution in [2.45, 2.75) is 18.7 Å². The van der Waals surface area contributed by atoms with Crippen LogP contribution in [0.1, 0.15) is 11.4 Å². The summed E-state index contributed by atoms with van der Waals surface area (Å²) < 4.78 is 34.4. The van der Waals surface area contributed by atoms with Crippen molar-refractivity contribution in [1.29, 1.82) is 0 Å². The van der Waals surface area contributed by atoms with Crippen molar-refractivity contribution < 1.29 is 12.8 Å². The SMILES string of the molecule is Cc1nc2ccc(NS(=O)(=O)c3ccc4oc5ccccc5c4c3)cc2nc1C. The average Bonchev–Trinajstić information content (AvgIpc) is 3.07. The van der Waals surface area contributed by atoms with Crippen molar-refractivity contribution >= 4 is 48.7 Å². The summed E-state index contributed by atoms with van der Waals surface area (Å²) in [6.07, 6.45) is 0. The lowest BCUT2D eigenvalue weighted by Crippen LogP contribution is -2.13. The lowest BCUT2D eigenvalue weighted by molar-refractivity contribution is 0.601. The fourth-order valence-corrected chi connectivity index (χ4v) is 4.46. The first-order valence-corrected chi connectivity index (χ1v) is 10.6. The van der Waals surface area contributed by atoms with Crippen LogP contribution in [-0.4, -0.2) is 18.4 Å². The topological polar surface area (TPSA) is 85.1 Å². The van der Waals surface area contributed by atoms with E-state index in [2.05, 4.69) is 14.7 Å². The molecule has 1 N–H and O–H groups in total. The zero-order valence-electron chi connectivity index (χ0n) is 15.8. The molecule has 0 amide bonds. The van der Waals surface area contributed by atoms with E-state index in [-0.39, 0.29) is 4.90 Å². The van der Waals surface area contributed by atoms with E-state index in [1.54, 1.807) is 36.4 Å². The Morgan fingerprint density at radius 1 is 0.793 bits per heavy atom. The first-order chi connectivity index (χ1) is 13.9. The first kappa shape index (κ1) is 17.6. The second kappa shape index (κ2) is 6.28. The van der Waals surface area contributed by atoms with Gasteiger partial charge in [-0.25, -0.2) is 18.4 Å². The molecular formula is C22H17N3O3S. The molecule has 2 aromatic heterocycles. The molecule has 0 unspecified atom stereocenters. The predicted octanol–water partition coefficient (Wildman–Crippen LogP) is 4.95. The number of fused-ring (bicyclic) bond motifs is 4. The van der Waals surface area contributed by atoms with Gasteiger partial charge in [-0.3, -0.25) is 4.72 Å². The lowest BCUT2D eigenvalue weighted by atomic mass is 10.1. The Hall–Kier alpha value is -3.45. The molecule has 0 aliphatic carbocycles. The standard InChI is InChI=1S/C22H17N3O3S/c1-13-14(2)24-20-11-15(7-9-19(20)23-13)25-29(26,27)16-8-10-22-18(12-16)17-5-3-4-6-21(17)28-22/h3-12,25H,1-2H3. The molecule has 0 bridgehead atoms. The molecule has 0 saturated heterocycles. The maximum Gasteiger partial charge on any atom is 0.261 e. The summed E-state index contributed by atoms with van der Waals surface area (Å²) in [5.41, 5.74) is 4.85. The highest BCUT2D eigenvalue weighted by molar-refractivity contribution is 7.92. The van der Waals surface area contributed by atoms with Gasteiger partial charge in [0.05, 0.1) is 33.0 Å². The molecule has 144 valence electrons. The number of nitrogens with zero attached hydrogens (tertiary/aromatic N) is 2. The minimum atomic E-state index is -3.78. The Bertz CT molecular complexity index is 1520. The second-order valence-electron chi connectivity index (χ2n) is 6.96. The number of hydrogen-bond acceptors (Lipinski definition) is 5. The van der Waals surface area contributed by atoms with Gasteiger partial charge in [-0.1, -0.05) is 18.2 Å². The van der Waals surface area contributed by atoms with Gasteiger partial charge < -0.3 is 4.42 Å². The number of para-hydroxylation sites is 1. The van der Waals surface area contributed by atoms with Crippen molar-refractivity contribution in [1.82, 2.24) is 9.97 Å². The lowest BCUT2D eigenvalue weighted by Gasteiger charge is -2.09. The Morgan fingerprint density at radius 2 is 1.52 bits per heavy atom. The van der Waals surface area contributed by atoms with Crippen LogP contribution in [0.5, 0.6) is 0 Å². The van der Waals surface area contributed by atoms with E-state index in [0.29, 0.717) is 16.8 Å². The van der Waals surface area contributed by atoms with Crippen molar-refractivity contribution in [2.75, 3.05) is 4.72 Å². The normalized spacial score (nSPS) is 12.1. The fourth-order valence-electron chi connectivity index (χ4n) is 3.38. The van der Waals surface area contributed by atoms with Crippen LogP contribution in [0.15, 0.2) is 70.0 Å². The highest BCUT2D eigenvalue weighted by Gasteiger charge is 2.17. The van der Waals surface area contributed by atoms with Gasteiger partial charge in [-0.05, 0) is 56.3 Å². The summed E-state index contributed by atoms with van der Waals surface area (Å²) in [5.74, 6) is 0. The highest BCUT2D eigenvalue weighted by atomic mass is 32.2. The summed E-state index contributed by atoms with van der Waals surface area (Å²) in [7, 11) is -3.78. The predicted molar refractivity (Wildman–Crippen MR) is 114 cm³/mol. The third-order valence-corrected chi connectivity index (χ3v) is 6.36. The van der Waals surface area contributed by atoms with E-state index in [1.807, 2.05) is 38.1 Å². The Balaban J connectivity index is 1.56. The minimum absolute atomic E-state index is 0.169. The molecular weight excluding hydrogens is 386 g/mol. The maximum atomic E-state index is 13.0. The van der Waals surface area contributed by atoms with Gasteiger partial charge in [0.25, 0.3) is 10.0 Å². The number of anilines is 1. The van der Waals surface area contributed by atoms with Crippen molar-refractivity contribution in [2.24, 2.45) is 0 Å². The van der Waals surface area contributed by atoms with E-state index < -0.39 is 10.0 Å². The summed E-state index contributed by atoms with van der Waals surface area (Å²) in [6.45, 7) is 3.77. The molecule has 5 rings (SSSR count). The number of hydrogen-bond donors (Lipinski definition) is 1. The molecule has 2 heterocycles. The van der Waals surface area contributed by atoms with E-state index >= 15 is 0 Å². The smallest absolute Gasteiger partial charge is 0.261 e. The van der Waals surface area contributed by atoms with Crippen LogP contribution in [0.3, 0.4) is 0 Å². The van der Waals surface area contributed by atoms with E-state index in [0.717, 1.165) is 33.3 Å². The molecule has 0 fully saturated rings. The fraction of sp³-hybridized carbons (Fsp3) is 0.0909. The quantitative estimate of drug-likeness (QED) is 0.461. The summed E-state index contributed by atoms with van der Waals surface area (Å²) in [5, 5.41) is 1.64. The minimum Gasteiger partial charge on any atom is -0.456 e. The molecule has 0 aliphatic heterocycles. The van der Waals surface area contributed by atoms with Gasteiger partial charge in [0.15, 0.2) is 0 Å². The van der Waals surface area contributed by atoms with E-state index in [1.165, 1.54) is 0 Å². The molecule has 0 atom stereocenters. The van der Waals surface area contributed by atoms with Gasteiger partial charge in [-0.15, -0.1) is 0 Å². The van der Waals surface area contributed by atoms with Crippen LogP contribution in [-0.2, 0) is 10.0 Å². The third-order valence-electron chi connectivity index (χ3n) is 4.99. The Labute approximate surface area is 167 Å². The van der Waals surface area contributed by atoms with Crippen LogP contribution < -0.4 is 4.72 Å². The monoisotopic (exact) mass is 403 g/mol. The highest BCUT2D eigenvalue weighted by Crippen LogP contribution is 2.31. The molecule has 0 radical (unpaired) electrons. The van der Waals surface area contributed by atoms with Crippen LogP contribution in [0, 0.1) is 13.8 Å². The van der Waals surface area contributed by atoms with Gasteiger partial charge in [0, 0.05) is 10.8 Å². The maximum absolute atomic E-state index is 13.0. The molecule has 0 saturated carbocycles. The molecule has 5 aromatic rings. The molecule has 0 aliphatic rings. The largest absolute Gasteiger partial charge is 0.456 e. The second-order valence-corrected chi connectivity index (χ2v) is 8.64. The third kappa shape index (κ3) is 3.00. The van der Waals surface area contributed by atoms with Crippen LogP contribution >= 0.6 is 0 Å². The van der Waals surface area contributed by atoms with Crippen molar-refractivity contribution in [3.8, 4) is 0 Å². The van der Waals surface area contributed by atoms with Crippen molar-refractivity contribution in [3.05, 3.63) is 72.1 Å². The number of furan rings is 1. The number of aromatic nitrogens is 2. The van der Waals surface area contributed by atoms with Gasteiger partial charge >= 0.3 is 0 Å². The Morgan fingerprint density at radius 3 is 2.34 bits per heavy atom. The molecule has 29 heavy (non-hydrogen) atoms. The number of sulfonamides is 1. The summed E-state index contributed by atoms with van der Waals surface area (Å²) in [4.78, 5) is 9.14. The average molecular weight is 403 g/mol. The molecule has 7 heteroatoms. The zero-order chi connectivity index (χ0) is 20.2. The first-order valence-electron chi connectivity index (χ1n) is 9.10. The van der Waals surface area contributed by atoms with Crippen LogP contribution in [0.2, 0.25) is 0 Å². The summed E-state index contributed by atoms with van der Waals surface area (Å²) >= 11 is 0. The number of nitrogens with one attached hydrogen (secondary N) is 1. The number of benzene rings is 3. The van der Waals surface area contributed by atoms with Crippen molar-refractivity contribution in [3.63, 3.8) is 0 Å². The molecule has 3 aromatic carbocycles. The van der Waals surface area contributed by atoms with Gasteiger partial charge in [0.2, 0.25) is 0 Å². The zero-order valence-corrected chi connectivity index (χ0v) is 16.6. The Kier molecular flexibility index (Phi) is 3.82. The molecule has 0 spiro atoms.